The van der Waals surface area contributed by atoms with Crippen molar-refractivity contribution in [3.63, 3.8) is 0 Å². The van der Waals surface area contributed by atoms with Crippen LogP contribution in [0, 0.1) is 22.7 Å². The Morgan fingerprint density at radius 2 is 2.21 bits per heavy atom. The maximum Gasteiger partial charge on any atom is 0.311 e. The first kappa shape index (κ1) is 22.1. The summed E-state index contributed by atoms with van der Waals surface area (Å²) in [5.74, 6) is 1.64. The summed E-state index contributed by atoms with van der Waals surface area (Å²) in [5.41, 5.74) is 2.24. The Morgan fingerprint density at radius 1 is 1.41 bits per heavy atom. The van der Waals surface area contributed by atoms with Gasteiger partial charge in [0.05, 0.1) is 31.9 Å². The van der Waals surface area contributed by atoms with E-state index in [1.54, 1.807) is 6.26 Å². The molecule has 29 heavy (non-hydrogen) atoms. The molecule has 1 unspecified atom stereocenters. The van der Waals surface area contributed by atoms with Crippen LogP contribution in [0.2, 0.25) is 0 Å². The minimum atomic E-state index is -0.393. The lowest BCUT2D eigenvalue weighted by Crippen LogP contribution is -2.53. The van der Waals surface area contributed by atoms with Gasteiger partial charge < -0.3 is 19.6 Å². The predicted molar refractivity (Wildman–Crippen MR) is 113 cm³/mol. The Kier molecular flexibility index (Phi) is 6.90. The molecule has 0 aliphatic heterocycles. The van der Waals surface area contributed by atoms with E-state index in [0.717, 1.165) is 50.7 Å². The fraction of sp³-hybridized carbons (Fsp3) is 0.708. The normalized spacial score (nSPS) is 32.1. The van der Waals surface area contributed by atoms with Crippen LogP contribution in [0.3, 0.4) is 0 Å². The van der Waals surface area contributed by atoms with Crippen molar-refractivity contribution >= 4 is 5.97 Å². The Hall–Kier alpha value is -1.59. The average Bonchev–Trinajstić information content (AvgIpc) is 3.14. The Bertz CT molecular complexity index is 726. The molecule has 4 atom stereocenters. The molecule has 162 valence electrons. The van der Waals surface area contributed by atoms with Gasteiger partial charge in [-0.3, -0.25) is 4.79 Å². The highest BCUT2D eigenvalue weighted by Gasteiger charge is 2.57. The van der Waals surface area contributed by atoms with Crippen molar-refractivity contribution in [2.75, 3.05) is 20.3 Å². The number of nitrogens with one attached hydrogen (secondary N) is 1. The van der Waals surface area contributed by atoms with Crippen LogP contribution in [0.4, 0.5) is 0 Å². The van der Waals surface area contributed by atoms with E-state index in [4.69, 9.17) is 14.3 Å². The van der Waals surface area contributed by atoms with Crippen molar-refractivity contribution in [2.24, 2.45) is 22.7 Å². The molecule has 0 saturated heterocycles. The van der Waals surface area contributed by atoms with Gasteiger partial charge >= 0.3 is 5.97 Å². The number of aliphatic hydroxyl groups is 1. The van der Waals surface area contributed by atoms with Crippen molar-refractivity contribution < 1.29 is 19.1 Å². The third-order valence-corrected chi connectivity index (χ3v) is 7.79. The van der Waals surface area contributed by atoms with Crippen LogP contribution >= 0.6 is 0 Å². The summed E-state index contributed by atoms with van der Waals surface area (Å²) in [6.45, 7) is 10.3. The molecule has 5 heteroatoms. The second kappa shape index (κ2) is 9.05. The summed E-state index contributed by atoms with van der Waals surface area (Å²) >= 11 is 0. The van der Waals surface area contributed by atoms with Gasteiger partial charge in [-0.15, -0.1) is 0 Å². The van der Waals surface area contributed by atoms with E-state index in [2.05, 4.69) is 31.8 Å². The monoisotopic (exact) mass is 403 g/mol. The van der Waals surface area contributed by atoms with Crippen molar-refractivity contribution in [1.29, 1.82) is 0 Å². The molecule has 0 radical (unpaired) electrons. The number of furan rings is 1. The molecule has 2 aliphatic carbocycles. The quantitative estimate of drug-likeness (QED) is 0.386. The zero-order valence-electron chi connectivity index (χ0n) is 18.3. The molecule has 5 nitrogen and oxygen atoms in total. The highest BCUT2D eigenvalue weighted by Crippen LogP contribution is 2.62. The first-order valence-corrected chi connectivity index (χ1v) is 11.0. The number of ether oxygens (including phenoxy) is 1. The Morgan fingerprint density at radius 3 is 2.93 bits per heavy atom. The van der Waals surface area contributed by atoms with E-state index in [0.29, 0.717) is 24.9 Å². The van der Waals surface area contributed by atoms with E-state index >= 15 is 0 Å². The van der Waals surface area contributed by atoms with E-state index in [9.17, 15) is 4.79 Å². The lowest BCUT2D eigenvalue weighted by atomic mass is 9.46. The predicted octanol–water partition coefficient (Wildman–Crippen LogP) is 4.25. The first-order valence-electron chi connectivity index (χ1n) is 11.0. The molecule has 1 aromatic heterocycles. The minimum Gasteiger partial charge on any atom is -0.469 e. The molecule has 0 aromatic carbocycles. The summed E-state index contributed by atoms with van der Waals surface area (Å²) in [7, 11) is 1.52. The number of rotatable bonds is 8. The van der Waals surface area contributed by atoms with Crippen molar-refractivity contribution in [1.82, 2.24) is 5.32 Å². The Balaban J connectivity index is 1.76. The van der Waals surface area contributed by atoms with Crippen molar-refractivity contribution in [3.05, 3.63) is 35.8 Å². The number of hydrogen-bond acceptors (Lipinski definition) is 5. The molecule has 0 spiro atoms. The standard InChI is InChI=1S/C24H37NO4/c1-17-6-9-21-23(2,11-5-12-24(21,3)22(27)28-4)19(17)8-7-18-10-15-29-20(18)16-25-13-14-26/h10,15,19,21,25-26H,1,5-9,11-14,16H2,2-4H3/t19-,21?,23+,24-/m0/s1. The molecule has 1 aromatic rings. The molecule has 2 fully saturated rings. The summed E-state index contributed by atoms with van der Waals surface area (Å²) < 4.78 is 10.9. The number of methoxy groups -OCH3 is 1. The molecular formula is C24H37NO4. The summed E-state index contributed by atoms with van der Waals surface area (Å²) in [5, 5.41) is 12.2. The minimum absolute atomic E-state index is 0.0493. The van der Waals surface area contributed by atoms with Crippen LogP contribution < -0.4 is 5.32 Å². The summed E-state index contributed by atoms with van der Waals surface area (Å²) in [4.78, 5) is 12.7. The lowest BCUT2D eigenvalue weighted by Gasteiger charge is -2.57. The third-order valence-electron chi connectivity index (χ3n) is 7.79. The number of carbonyl (C=O) groups is 1. The fourth-order valence-electron chi connectivity index (χ4n) is 6.29. The SMILES string of the molecule is C=C1CCC2[C@](C)(CCC[C@]2(C)C(=O)OC)[C@H]1CCc1ccoc1CNCCO. The van der Waals surface area contributed by atoms with E-state index in [1.165, 1.54) is 18.2 Å². The van der Waals surface area contributed by atoms with Crippen LogP contribution in [0.25, 0.3) is 0 Å². The second-order valence-electron chi connectivity index (χ2n) is 9.38. The van der Waals surface area contributed by atoms with E-state index in [1.807, 2.05) is 0 Å². The van der Waals surface area contributed by atoms with Crippen LogP contribution in [0.1, 0.15) is 63.7 Å². The summed E-state index contributed by atoms with van der Waals surface area (Å²) in [6.07, 6.45) is 8.85. The van der Waals surface area contributed by atoms with Crippen molar-refractivity contribution in [3.8, 4) is 0 Å². The third kappa shape index (κ3) is 4.17. The molecule has 2 N–H and O–H groups in total. The van der Waals surface area contributed by atoms with Crippen molar-refractivity contribution in [2.45, 2.75) is 65.3 Å². The molecule has 2 saturated carbocycles. The molecule has 1 heterocycles. The van der Waals surface area contributed by atoms with Gasteiger partial charge in [0.15, 0.2) is 0 Å². The highest BCUT2D eigenvalue weighted by atomic mass is 16.5. The number of fused-ring (bicyclic) bond motifs is 1. The van der Waals surface area contributed by atoms with Crippen LogP contribution in [-0.2, 0) is 22.5 Å². The van der Waals surface area contributed by atoms with Gasteiger partial charge in [0.25, 0.3) is 0 Å². The van der Waals surface area contributed by atoms with E-state index < -0.39 is 5.41 Å². The van der Waals surface area contributed by atoms with Gasteiger partial charge in [0, 0.05) is 6.54 Å². The maximum absolute atomic E-state index is 12.7. The number of hydrogen-bond donors (Lipinski definition) is 2. The van der Waals surface area contributed by atoms with Crippen LogP contribution in [-0.4, -0.2) is 31.3 Å². The fourth-order valence-corrected chi connectivity index (χ4v) is 6.29. The second-order valence-corrected chi connectivity index (χ2v) is 9.38. The van der Waals surface area contributed by atoms with Gasteiger partial charge in [-0.25, -0.2) is 0 Å². The smallest absolute Gasteiger partial charge is 0.311 e. The number of carbonyl (C=O) groups excluding carboxylic acids is 1. The van der Waals surface area contributed by atoms with Gasteiger partial charge in [-0.2, -0.15) is 0 Å². The molecule has 0 amide bonds. The number of aryl methyl sites for hydroxylation is 1. The maximum atomic E-state index is 12.7. The number of aliphatic hydroxyl groups excluding tert-OH is 1. The highest BCUT2D eigenvalue weighted by molar-refractivity contribution is 5.77. The van der Waals surface area contributed by atoms with Crippen LogP contribution in [0.15, 0.2) is 28.9 Å². The van der Waals surface area contributed by atoms with Gasteiger partial charge in [-0.05, 0) is 74.3 Å². The molecule has 0 bridgehead atoms. The van der Waals surface area contributed by atoms with Gasteiger partial charge in [0.1, 0.15) is 5.76 Å². The van der Waals surface area contributed by atoms with Crippen LogP contribution in [0.5, 0.6) is 0 Å². The van der Waals surface area contributed by atoms with E-state index in [-0.39, 0.29) is 18.0 Å². The average molecular weight is 404 g/mol. The number of esters is 1. The van der Waals surface area contributed by atoms with Gasteiger partial charge in [0.2, 0.25) is 0 Å². The largest absolute Gasteiger partial charge is 0.469 e. The van der Waals surface area contributed by atoms with Gasteiger partial charge in [-0.1, -0.05) is 25.5 Å². The zero-order chi connectivity index (χ0) is 21.1. The zero-order valence-corrected chi connectivity index (χ0v) is 18.3. The molecular weight excluding hydrogens is 366 g/mol. The first-order chi connectivity index (χ1) is 13.9. The topological polar surface area (TPSA) is 71.7 Å². The number of allylic oxidation sites excluding steroid dienone is 1. The lowest BCUT2D eigenvalue weighted by molar-refractivity contribution is -0.168. The summed E-state index contributed by atoms with van der Waals surface area (Å²) in [6, 6.07) is 2.06. The molecule has 3 rings (SSSR count). The molecule has 2 aliphatic rings. The Labute approximate surface area is 174 Å².